The van der Waals surface area contributed by atoms with Crippen LogP contribution in [0.4, 0.5) is 10.1 Å². The van der Waals surface area contributed by atoms with Crippen molar-refractivity contribution in [3.05, 3.63) is 56.2 Å². The van der Waals surface area contributed by atoms with Crippen molar-refractivity contribution in [1.29, 1.82) is 0 Å². The van der Waals surface area contributed by atoms with Crippen molar-refractivity contribution < 1.29 is 18.8 Å². The molecule has 0 saturated carbocycles. The molecule has 0 bridgehead atoms. The van der Waals surface area contributed by atoms with E-state index in [2.05, 4.69) is 10.4 Å². The first kappa shape index (κ1) is 21.9. The Kier molecular flexibility index (Phi) is 5.49. The number of halogens is 2. The van der Waals surface area contributed by atoms with Crippen LogP contribution in [0.5, 0.6) is 0 Å². The normalized spacial score (nSPS) is 19.8. The molecule has 1 fully saturated rings. The average Bonchev–Trinajstić information content (AvgIpc) is 3.08. The fraction of sp³-hybridized carbons (Fsp3) is 0.381. The van der Waals surface area contributed by atoms with E-state index >= 15 is 0 Å². The van der Waals surface area contributed by atoms with E-state index in [-0.39, 0.29) is 34.6 Å². The predicted octanol–water partition coefficient (Wildman–Crippen LogP) is 1.07. The van der Waals surface area contributed by atoms with Crippen LogP contribution in [0.1, 0.15) is 40.3 Å². The number of amides is 2. The predicted molar refractivity (Wildman–Crippen MR) is 115 cm³/mol. The second kappa shape index (κ2) is 8.01. The number of carbonyl (C=O) groups is 3. The number of hydrogen-bond donors (Lipinski definition) is 1. The summed E-state index contributed by atoms with van der Waals surface area (Å²) in [5.41, 5.74) is -0.561. The van der Waals surface area contributed by atoms with Crippen LogP contribution >= 0.6 is 11.6 Å². The second-order valence-electron chi connectivity index (χ2n) is 7.76. The summed E-state index contributed by atoms with van der Waals surface area (Å²) in [6.07, 6.45) is 0. The average molecular weight is 462 g/mol. The lowest BCUT2D eigenvalue weighted by molar-refractivity contribution is -0.133. The highest BCUT2D eigenvalue weighted by Gasteiger charge is 2.52. The molecule has 2 aliphatic heterocycles. The molecule has 4 rings (SSSR count). The van der Waals surface area contributed by atoms with Crippen molar-refractivity contribution in [2.24, 2.45) is 0 Å². The van der Waals surface area contributed by atoms with Crippen LogP contribution in [-0.4, -0.2) is 64.5 Å². The fourth-order valence-corrected chi connectivity index (χ4v) is 4.48. The quantitative estimate of drug-likeness (QED) is 0.683. The Hall–Kier alpha value is -3.27. The largest absolute Gasteiger partial charge is 0.354 e. The van der Waals surface area contributed by atoms with E-state index in [1.54, 1.807) is 4.90 Å². The number of Topliss-reactive ketones (excluding diaryl/α,β-unsaturated/α-hetero) is 1. The zero-order chi connectivity index (χ0) is 23.3. The molecule has 2 amide bonds. The van der Waals surface area contributed by atoms with E-state index in [1.165, 1.54) is 24.1 Å². The molecule has 1 N–H and O–H groups in total. The van der Waals surface area contributed by atoms with Crippen LogP contribution in [0.2, 0.25) is 5.02 Å². The lowest BCUT2D eigenvalue weighted by atomic mass is 10.0. The zero-order valence-corrected chi connectivity index (χ0v) is 18.4. The molecule has 1 aromatic heterocycles. The van der Waals surface area contributed by atoms with Crippen LogP contribution in [0.15, 0.2) is 23.0 Å². The molecule has 11 heteroatoms. The minimum Gasteiger partial charge on any atom is -0.354 e. The Balaban J connectivity index is 1.90. The number of aromatic nitrogens is 2. The molecule has 0 aliphatic carbocycles. The smallest absolute Gasteiger partial charge is 0.280 e. The van der Waals surface area contributed by atoms with E-state index in [1.807, 2.05) is 13.8 Å². The standard InChI is InChI=1S/C21H21ClFN5O4/c1-4-26-8-10(2)28-16-14(18(29)17(28)21(26)32)20(31)27(25-15(16)19(30)24-3)9-11-5-6-13(23)12(22)7-11/h5-7,10,17H,4,8-9H2,1-3H3,(H,24,30). The number of anilines is 1. The van der Waals surface area contributed by atoms with Gasteiger partial charge in [0.2, 0.25) is 5.78 Å². The Morgan fingerprint density at radius 1 is 1.31 bits per heavy atom. The zero-order valence-electron chi connectivity index (χ0n) is 17.7. The van der Waals surface area contributed by atoms with Gasteiger partial charge in [0.25, 0.3) is 17.4 Å². The van der Waals surface area contributed by atoms with Gasteiger partial charge in [0.15, 0.2) is 11.7 Å². The highest BCUT2D eigenvalue weighted by Crippen LogP contribution is 2.37. The van der Waals surface area contributed by atoms with Crippen molar-refractivity contribution in [3.8, 4) is 0 Å². The first-order valence-corrected chi connectivity index (χ1v) is 10.5. The summed E-state index contributed by atoms with van der Waals surface area (Å²) in [5, 5.41) is 6.57. The van der Waals surface area contributed by atoms with Gasteiger partial charge in [-0.1, -0.05) is 17.7 Å². The Morgan fingerprint density at radius 3 is 2.66 bits per heavy atom. The summed E-state index contributed by atoms with van der Waals surface area (Å²) in [6, 6.07) is 2.41. The van der Waals surface area contributed by atoms with Gasteiger partial charge in [0.05, 0.1) is 17.3 Å². The number of nitrogens with one attached hydrogen (secondary N) is 1. The number of rotatable bonds is 4. The van der Waals surface area contributed by atoms with Crippen molar-refractivity contribution in [3.63, 3.8) is 0 Å². The van der Waals surface area contributed by atoms with Crippen molar-refractivity contribution in [1.82, 2.24) is 20.0 Å². The summed E-state index contributed by atoms with van der Waals surface area (Å²) in [6.45, 7) is 4.27. The Labute approximate surface area is 187 Å². The van der Waals surface area contributed by atoms with Crippen molar-refractivity contribution in [2.45, 2.75) is 32.5 Å². The number of likely N-dealkylation sites (N-methyl/N-ethyl adjacent to an activating group) is 1. The molecular formula is C21H21ClFN5O4. The molecule has 2 aromatic rings. The summed E-state index contributed by atoms with van der Waals surface area (Å²) in [5.74, 6) is -2.28. The third-order valence-corrected chi connectivity index (χ3v) is 6.10. The number of nitrogens with zero attached hydrogens (tertiary/aromatic N) is 4. The number of carbonyl (C=O) groups excluding carboxylic acids is 3. The number of ketones is 1. The Bertz CT molecular complexity index is 1210. The number of hydrogen-bond acceptors (Lipinski definition) is 6. The first-order valence-electron chi connectivity index (χ1n) is 10.1. The van der Waals surface area contributed by atoms with E-state index in [0.29, 0.717) is 18.7 Å². The monoisotopic (exact) mass is 461 g/mol. The topological polar surface area (TPSA) is 105 Å². The first-order chi connectivity index (χ1) is 15.2. The van der Waals surface area contributed by atoms with E-state index in [9.17, 15) is 23.6 Å². The van der Waals surface area contributed by atoms with Crippen LogP contribution < -0.4 is 15.8 Å². The number of piperazine rings is 1. The van der Waals surface area contributed by atoms with Crippen molar-refractivity contribution in [2.75, 3.05) is 25.0 Å². The SMILES string of the molecule is CCN1CC(C)N2c3c(C(=O)NC)nn(Cc4ccc(F)c(Cl)c4)c(=O)c3C(=O)C2C1=O. The maximum absolute atomic E-state index is 13.5. The highest BCUT2D eigenvalue weighted by atomic mass is 35.5. The van der Waals surface area contributed by atoms with Gasteiger partial charge in [-0.25, -0.2) is 9.07 Å². The second-order valence-corrected chi connectivity index (χ2v) is 8.17. The highest BCUT2D eigenvalue weighted by molar-refractivity contribution is 6.30. The van der Waals surface area contributed by atoms with Crippen LogP contribution in [-0.2, 0) is 11.3 Å². The molecule has 3 heterocycles. The summed E-state index contributed by atoms with van der Waals surface area (Å²) in [7, 11) is 1.41. The van der Waals surface area contributed by atoms with Gasteiger partial charge in [-0.2, -0.15) is 5.10 Å². The molecule has 2 unspecified atom stereocenters. The van der Waals surface area contributed by atoms with Crippen LogP contribution in [0.25, 0.3) is 0 Å². The molecule has 0 radical (unpaired) electrons. The van der Waals surface area contributed by atoms with E-state index < -0.39 is 35.0 Å². The number of fused-ring (bicyclic) bond motifs is 3. The maximum atomic E-state index is 13.5. The Morgan fingerprint density at radius 2 is 2.03 bits per heavy atom. The third kappa shape index (κ3) is 3.26. The van der Waals surface area contributed by atoms with Gasteiger partial charge >= 0.3 is 0 Å². The molecule has 1 saturated heterocycles. The molecule has 2 atom stereocenters. The lowest BCUT2D eigenvalue weighted by Crippen LogP contribution is -2.61. The van der Waals surface area contributed by atoms with Crippen LogP contribution in [0.3, 0.4) is 0 Å². The third-order valence-electron chi connectivity index (χ3n) is 5.81. The molecule has 168 valence electrons. The van der Waals surface area contributed by atoms with Crippen molar-refractivity contribution >= 4 is 34.9 Å². The van der Waals surface area contributed by atoms with Gasteiger partial charge < -0.3 is 15.1 Å². The lowest BCUT2D eigenvalue weighted by Gasteiger charge is -2.42. The van der Waals surface area contributed by atoms with E-state index in [0.717, 1.165) is 10.7 Å². The van der Waals surface area contributed by atoms with Gasteiger partial charge in [0.1, 0.15) is 11.4 Å². The minimum absolute atomic E-state index is 0.0781. The molecular weight excluding hydrogens is 441 g/mol. The summed E-state index contributed by atoms with van der Waals surface area (Å²) < 4.78 is 14.5. The fourth-order valence-electron chi connectivity index (χ4n) is 4.28. The van der Waals surface area contributed by atoms with Gasteiger partial charge in [-0.05, 0) is 31.5 Å². The number of benzene rings is 1. The summed E-state index contributed by atoms with van der Waals surface area (Å²) >= 11 is 5.83. The molecule has 0 spiro atoms. The van der Waals surface area contributed by atoms with Gasteiger partial charge in [-0.15, -0.1) is 0 Å². The van der Waals surface area contributed by atoms with E-state index in [4.69, 9.17) is 11.6 Å². The molecule has 32 heavy (non-hydrogen) atoms. The van der Waals surface area contributed by atoms with Gasteiger partial charge in [-0.3, -0.25) is 19.2 Å². The molecule has 9 nitrogen and oxygen atoms in total. The molecule has 1 aromatic carbocycles. The van der Waals surface area contributed by atoms with Crippen LogP contribution in [0, 0.1) is 5.82 Å². The maximum Gasteiger partial charge on any atom is 0.280 e. The van der Waals surface area contributed by atoms with Gasteiger partial charge in [0, 0.05) is 26.2 Å². The minimum atomic E-state index is -1.21. The molecule has 2 aliphatic rings. The summed E-state index contributed by atoms with van der Waals surface area (Å²) in [4.78, 5) is 55.3.